The molecule has 1 unspecified atom stereocenters. The highest BCUT2D eigenvalue weighted by molar-refractivity contribution is 7.99. The maximum absolute atomic E-state index is 13.4. The lowest BCUT2D eigenvalue weighted by Gasteiger charge is -2.32. The van der Waals surface area contributed by atoms with Gasteiger partial charge in [0.1, 0.15) is 17.7 Å². The van der Waals surface area contributed by atoms with Crippen molar-refractivity contribution in [1.29, 1.82) is 0 Å². The highest BCUT2D eigenvalue weighted by Crippen LogP contribution is 2.42. The molecule has 1 amide bonds. The zero-order valence-electron chi connectivity index (χ0n) is 24.7. The van der Waals surface area contributed by atoms with Crippen LogP contribution in [0.25, 0.3) is 0 Å². The number of pyridine rings is 1. The monoisotopic (exact) mass is 652 g/mol. The molecule has 1 fully saturated rings. The molecule has 1 saturated heterocycles. The molecule has 2 aromatic carbocycles. The van der Waals surface area contributed by atoms with E-state index in [2.05, 4.69) is 42.9 Å². The zero-order chi connectivity index (χ0) is 28.7. The molecule has 11 heteroatoms. The minimum absolute atomic E-state index is 0. The Balaban J connectivity index is 0.00000221. The second-order valence-corrected chi connectivity index (χ2v) is 11.8. The molecule has 6 rings (SSSR count). The Labute approximate surface area is 275 Å². The van der Waals surface area contributed by atoms with Gasteiger partial charge in [-0.1, -0.05) is 53.7 Å². The molecular formula is C33H38Cl2N6O2S. The molecule has 232 valence electrons. The topological polar surface area (TPSA) is 75.0 Å². The molecule has 8 nitrogen and oxygen atoms in total. The first-order valence-corrected chi connectivity index (χ1v) is 15.5. The van der Waals surface area contributed by atoms with Crippen molar-refractivity contribution in [2.45, 2.75) is 17.5 Å². The van der Waals surface area contributed by atoms with Crippen LogP contribution < -0.4 is 5.32 Å². The predicted molar refractivity (Wildman–Crippen MR) is 184 cm³/mol. The molecule has 2 aliphatic heterocycles. The number of nitrogens with one attached hydrogen (secondary N) is 1. The third-order valence-electron chi connectivity index (χ3n) is 7.77. The quantitative estimate of drug-likeness (QED) is 0.125. The Bertz CT molecular complexity index is 1530. The lowest BCUT2D eigenvalue weighted by Crippen LogP contribution is -2.44. The third-order valence-corrected chi connectivity index (χ3v) is 9.03. The summed E-state index contributed by atoms with van der Waals surface area (Å²) in [6.07, 6.45) is 6.59. The number of hydrogen-bond acceptors (Lipinski definition) is 7. The Morgan fingerprint density at radius 1 is 1.00 bits per heavy atom. The van der Waals surface area contributed by atoms with Gasteiger partial charge in [-0.05, 0) is 37.7 Å². The Morgan fingerprint density at radius 3 is 2.57 bits per heavy atom. The first-order valence-electron chi connectivity index (χ1n) is 14.4. The van der Waals surface area contributed by atoms with Gasteiger partial charge in [-0.3, -0.25) is 9.78 Å². The summed E-state index contributed by atoms with van der Waals surface area (Å²) in [5.74, 6) is 0.651. The summed E-state index contributed by atoms with van der Waals surface area (Å²) in [6, 6.07) is 23.8. The number of likely N-dealkylation sites (N-methyl/N-ethyl adjacent to an activating group) is 1. The van der Waals surface area contributed by atoms with Gasteiger partial charge in [-0.2, -0.15) is 0 Å². The molecule has 44 heavy (non-hydrogen) atoms. The summed E-state index contributed by atoms with van der Waals surface area (Å²) in [4.78, 5) is 28.4. The highest BCUT2D eigenvalue weighted by Gasteiger charge is 2.28. The van der Waals surface area contributed by atoms with E-state index in [1.807, 2.05) is 79.1 Å². The van der Waals surface area contributed by atoms with Crippen LogP contribution in [0.3, 0.4) is 0 Å². The van der Waals surface area contributed by atoms with Gasteiger partial charge < -0.3 is 24.5 Å². The number of amides is 1. The number of rotatable bonds is 10. The van der Waals surface area contributed by atoms with Crippen molar-refractivity contribution in [3.63, 3.8) is 0 Å². The van der Waals surface area contributed by atoms with E-state index in [1.54, 1.807) is 18.0 Å². The molecule has 4 heterocycles. The molecular weight excluding hydrogens is 615 g/mol. The van der Waals surface area contributed by atoms with Crippen LogP contribution in [-0.2, 0) is 10.6 Å². The van der Waals surface area contributed by atoms with Crippen molar-refractivity contribution >= 4 is 53.9 Å². The second kappa shape index (κ2) is 16.1. The van der Waals surface area contributed by atoms with E-state index in [0.29, 0.717) is 17.9 Å². The maximum atomic E-state index is 13.4. The van der Waals surface area contributed by atoms with Crippen LogP contribution in [0.15, 0.2) is 96.5 Å². The average Bonchev–Trinajstić information content (AvgIpc) is 3.64. The number of piperazine rings is 1. The molecule has 4 aromatic rings. The molecule has 0 radical (unpaired) electrons. The predicted octanol–water partition coefficient (Wildman–Crippen LogP) is 6.18. The van der Waals surface area contributed by atoms with Crippen molar-refractivity contribution in [2.75, 3.05) is 51.7 Å². The number of anilines is 1. The van der Waals surface area contributed by atoms with E-state index in [1.165, 1.54) is 0 Å². The number of carbonyl (C=O) groups is 1. The van der Waals surface area contributed by atoms with Gasteiger partial charge in [0.2, 0.25) is 0 Å². The summed E-state index contributed by atoms with van der Waals surface area (Å²) in [7, 11) is 2.17. The molecule has 1 atom stereocenters. The van der Waals surface area contributed by atoms with E-state index in [4.69, 9.17) is 4.84 Å². The van der Waals surface area contributed by atoms with E-state index < -0.39 is 0 Å². The number of fused-ring (bicyclic) bond motifs is 1. The largest absolute Gasteiger partial charge is 0.395 e. The fraction of sp³-hybridized carbons (Fsp3) is 0.303. The summed E-state index contributed by atoms with van der Waals surface area (Å²) in [6.45, 7) is 5.99. The Kier molecular flexibility index (Phi) is 12.3. The lowest BCUT2D eigenvalue weighted by molar-refractivity contribution is 0.102. The van der Waals surface area contributed by atoms with Crippen LogP contribution in [0, 0.1) is 0 Å². The van der Waals surface area contributed by atoms with Crippen LogP contribution in [0.5, 0.6) is 0 Å². The van der Waals surface area contributed by atoms with Gasteiger partial charge in [0.15, 0.2) is 0 Å². The molecule has 0 bridgehead atoms. The lowest BCUT2D eigenvalue weighted by atomic mass is 10.0. The van der Waals surface area contributed by atoms with Crippen LogP contribution in [0.4, 0.5) is 5.69 Å². The van der Waals surface area contributed by atoms with Crippen molar-refractivity contribution in [3.05, 3.63) is 119 Å². The molecule has 0 saturated carbocycles. The number of halogens is 2. The molecule has 2 aliphatic rings. The first kappa shape index (κ1) is 33.6. The number of aromatic nitrogens is 2. The summed E-state index contributed by atoms with van der Waals surface area (Å²) >= 11 is 1.80. The Hall–Kier alpha value is -3.34. The number of hydrogen-bond donors (Lipinski definition) is 1. The first-order chi connectivity index (χ1) is 20.7. The normalized spacial score (nSPS) is 16.8. The fourth-order valence-corrected chi connectivity index (χ4v) is 6.73. The van der Waals surface area contributed by atoms with Crippen molar-refractivity contribution in [2.24, 2.45) is 5.16 Å². The molecule has 2 aromatic heterocycles. The fourth-order valence-electron chi connectivity index (χ4n) is 5.42. The molecule has 0 spiro atoms. The minimum atomic E-state index is -0.119. The zero-order valence-corrected chi connectivity index (χ0v) is 27.1. The van der Waals surface area contributed by atoms with E-state index in [-0.39, 0.29) is 36.1 Å². The maximum Gasteiger partial charge on any atom is 0.257 e. The van der Waals surface area contributed by atoms with E-state index >= 15 is 0 Å². The van der Waals surface area contributed by atoms with E-state index in [9.17, 15) is 4.79 Å². The highest BCUT2D eigenvalue weighted by atomic mass is 35.5. The van der Waals surface area contributed by atoms with Crippen molar-refractivity contribution in [1.82, 2.24) is 19.4 Å². The Morgan fingerprint density at radius 2 is 1.80 bits per heavy atom. The SMILES string of the molecule is CN1CCN(CCCON=C(c2ccccc2)c2cccc(NC(=O)c3ccn4c3CSC4c3cccnc3)c2)CC1.Cl.Cl. The number of carbonyl (C=O) groups excluding carboxylic acids is 1. The van der Waals surface area contributed by atoms with Gasteiger partial charge in [-0.25, -0.2) is 0 Å². The number of thioether (sulfide) groups is 1. The van der Waals surface area contributed by atoms with Crippen LogP contribution in [-0.4, -0.2) is 77.3 Å². The summed E-state index contributed by atoms with van der Waals surface area (Å²) in [5.41, 5.74) is 6.15. The van der Waals surface area contributed by atoms with Gasteiger partial charge in [0.05, 0.1) is 5.56 Å². The van der Waals surface area contributed by atoms with Gasteiger partial charge in [0.25, 0.3) is 5.91 Å². The number of nitrogens with zero attached hydrogens (tertiary/aromatic N) is 5. The van der Waals surface area contributed by atoms with Crippen LogP contribution in [0.2, 0.25) is 0 Å². The summed E-state index contributed by atoms with van der Waals surface area (Å²) in [5, 5.41) is 7.82. The van der Waals surface area contributed by atoms with Crippen molar-refractivity contribution < 1.29 is 9.63 Å². The molecule has 0 aliphatic carbocycles. The molecule has 1 N–H and O–H groups in total. The van der Waals surface area contributed by atoms with Gasteiger partial charge in [-0.15, -0.1) is 36.6 Å². The van der Waals surface area contributed by atoms with Gasteiger partial charge in [0, 0.05) is 85.1 Å². The third kappa shape index (κ3) is 8.02. The van der Waals surface area contributed by atoms with E-state index in [0.717, 1.165) is 73.0 Å². The smallest absolute Gasteiger partial charge is 0.257 e. The summed E-state index contributed by atoms with van der Waals surface area (Å²) < 4.78 is 2.17. The minimum Gasteiger partial charge on any atom is -0.395 e. The number of oxime groups is 1. The second-order valence-electron chi connectivity index (χ2n) is 10.7. The average molecular weight is 654 g/mol. The van der Waals surface area contributed by atoms with Crippen LogP contribution >= 0.6 is 36.6 Å². The van der Waals surface area contributed by atoms with Crippen LogP contribution in [0.1, 0.15) is 44.5 Å². The number of benzene rings is 2. The van der Waals surface area contributed by atoms with Crippen molar-refractivity contribution in [3.8, 4) is 0 Å². The standard InChI is InChI=1S/C33H36N6O2S.2ClH/c1-37-17-19-38(20-18-37)15-7-21-41-36-31(25-8-3-2-4-9-25)26-10-5-12-28(22-26)35-32(40)29-13-16-39-30(29)24-42-33(39)27-11-6-14-34-23-27;;/h2-6,8-14,16,22-23,33H,7,15,17-21,24H2,1H3,(H,35,40);2*1H. The van der Waals surface area contributed by atoms with Gasteiger partial charge >= 0.3 is 0 Å².